The smallest absolute Gasteiger partial charge is 0.303 e. The molecule has 0 radical (unpaired) electrons. The summed E-state index contributed by atoms with van der Waals surface area (Å²) in [6, 6.07) is 0. The van der Waals surface area contributed by atoms with Crippen LogP contribution in [0.5, 0.6) is 0 Å². The van der Waals surface area contributed by atoms with Gasteiger partial charge in [-0.2, -0.15) is 0 Å². The van der Waals surface area contributed by atoms with Crippen molar-refractivity contribution in [3.05, 3.63) is 12.2 Å². The summed E-state index contributed by atoms with van der Waals surface area (Å²) in [5.74, 6) is 0.177. The van der Waals surface area contributed by atoms with Crippen LogP contribution in [0.15, 0.2) is 12.2 Å². The Labute approximate surface area is 114 Å². The van der Waals surface area contributed by atoms with Crippen LogP contribution in [0.2, 0.25) is 0 Å². The first-order valence-corrected chi connectivity index (χ1v) is 7.25. The second-order valence-electron chi connectivity index (χ2n) is 5.95. The molecule has 2 aliphatic rings. The molecule has 0 amide bonds. The molecule has 1 unspecified atom stereocenters. The van der Waals surface area contributed by atoms with Crippen molar-refractivity contribution in [1.29, 1.82) is 0 Å². The third kappa shape index (κ3) is 3.57. The summed E-state index contributed by atoms with van der Waals surface area (Å²) < 4.78 is 5.85. The van der Waals surface area contributed by atoms with Crippen LogP contribution in [-0.4, -0.2) is 35.0 Å². The second kappa shape index (κ2) is 6.53. The van der Waals surface area contributed by atoms with Gasteiger partial charge in [-0.15, -0.1) is 0 Å². The van der Waals surface area contributed by atoms with E-state index in [1.54, 1.807) is 0 Å². The van der Waals surface area contributed by atoms with Gasteiger partial charge < -0.3 is 14.9 Å². The minimum atomic E-state index is -0.734. The Morgan fingerprint density at radius 3 is 2.63 bits per heavy atom. The molecule has 5 atom stereocenters. The van der Waals surface area contributed by atoms with Gasteiger partial charge in [0.2, 0.25) is 0 Å². The number of hydrogen-bond acceptors (Lipinski definition) is 3. The molecule has 2 heterocycles. The zero-order valence-electron chi connectivity index (χ0n) is 11.5. The van der Waals surface area contributed by atoms with E-state index in [0.29, 0.717) is 17.9 Å². The number of rotatable bonds is 7. The summed E-state index contributed by atoms with van der Waals surface area (Å²) in [6.45, 7) is 2.17. The lowest BCUT2D eigenvalue weighted by molar-refractivity contribution is -0.137. The fourth-order valence-corrected chi connectivity index (χ4v) is 3.41. The number of aliphatic hydroxyl groups excluding tert-OH is 1. The first-order valence-electron chi connectivity index (χ1n) is 7.25. The minimum absolute atomic E-state index is 0.179. The van der Waals surface area contributed by atoms with Crippen LogP contribution in [0, 0.1) is 17.8 Å². The van der Waals surface area contributed by atoms with Crippen LogP contribution < -0.4 is 0 Å². The van der Waals surface area contributed by atoms with E-state index in [1.807, 2.05) is 6.92 Å². The molecule has 2 rings (SSSR count). The van der Waals surface area contributed by atoms with Gasteiger partial charge in [-0.3, -0.25) is 4.79 Å². The van der Waals surface area contributed by atoms with Crippen molar-refractivity contribution >= 4 is 5.97 Å². The zero-order chi connectivity index (χ0) is 13.8. The van der Waals surface area contributed by atoms with Crippen molar-refractivity contribution in [3.63, 3.8) is 0 Å². The van der Waals surface area contributed by atoms with E-state index >= 15 is 0 Å². The van der Waals surface area contributed by atoms with Crippen molar-refractivity contribution in [2.45, 2.75) is 51.2 Å². The van der Waals surface area contributed by atoms with Gasteiger partial charge in [-0.05, 0) is 37.5 Å². The fourth-order valence-electron chi connectivity index (χ4n) is 3.41. The molecule has 2 N–H and O–H groups in total. The van der Waals surface area contributed by atoms with Crippen LogP contribution in [0.3, 0.4) is 0 Å². The zero-order valence-corrected chi connectivity index (χ0v) is 11.5. The van der Waals surface area contributed by atoms with E-state index in [1.165, 1.54) is 0 Å². The Morgan fingerprint density at radius 1 is 1.32 bits per heavy atom. The van der Waals surface area contributed by atoms with Gasteiger partial charge in [0, 0.05) is 18.9 Å². The molecule has 4 heteroatoms. The number of carbonyl (C=O) groups is 1. The molecule has 0 aromatic rings. The Morgan fingerprint density at radius 2 is 2.00 bits per heavy atom. The molecule has 0 saturated carbocycles. The molecular weight excluding hydrogens is 244 g/mol. The van der Waals surface area contributed by atoms with Gasteiger partial charge in [0.25, 0.3) is 0 Å². The number of carboxylic acids is 1. The highest BCUT2D eigenvalue weighted by Crippen LogP contribution is 2.44. The van der Waals surface area contributed by atoms with Crippen molar-refractivity contribution in [1.82, 2.24) is 0 Å². The average molecular weight is 268 g/mol. The lowest BCUT2D eigenvalue weighted by Crippen LogP contribution is -2.29. The average Bonchev–Trinajstić information content (AvgIpc) is 2.93. The van der Waals surface area contributed by atoms with E-state index in [2.05, 4.69) is 12.2 Å². The quantitative estimate of drug-likeness (QED) is 0.695. The lowest BCUT2D eigenvalue weighted by Gasteiger charge is -2.25. The molecule has 2 saturated heterocycles. The van der Waals surface area contributed by atoms with Crippen LogP contribution in [-0.2, 0) is 9.53 Å². The van der Waals surface area contributed by atoms with Gasteiger partial charge >= 0.3 is 5.97 Å². The number of allylic oxidation sites excluding steroid dienone is 2. The standard InChI is InChI=1S/C15H24O4/c1-10(8-15(17)18)4-2-3-5-11-12(9-16)14-7-6-13(11)19-14/h2-3,10-14,16H,4-9H2,1H3,(H,17,18)/b3-2-/t10-,11+,12?,13+,14-/m1/s1. The number of hydrogen-bond donors (Lipinski definition) is 2. The molecule has 2 fully saturated rings. The van der Waals surface area contributed by atoms with E-state index < -0.39 is 5.97 Å². The van der Waals surface area contributed by atoms with Crippen LogP contribution in [0.1, 0.15) is 39.0 Å². The maximum Gasteiger partial charge on any atom is 0.303 e. The number of carboxylic acid groups (broad SMARTS) is 1. The van der Waals surface area contributed by atoms with Crippen LogP contribution >= 0.6 is 0 Å². The van der Waals surface area contributed by atoms with Gasteiger partial charge in [0.1, 0.15) is 0 Å². The van der Waals surface area contributed by atoms with E-state index in [0.717, 1.165) is 25.7 Å². The molecule has 0 aliphatic carbocycles. The largest absolute Gasteiger partial charge is 0.481 e. The predicted molar refractivity (Wildman–Crippen MR) is 71.8 cm³/mol. The van der Waals surface area contributed by atoms with Gasteiger partial charge in [-0.25, -0.2) is 0 Å². The first-order chi connectivity index (χ1) is 9.11. The van der Waals surface area contributed by atoms with Gasteiger partial charge in [-0.1, -0.05) is 19.1 Å². The minimum Gasteiger partial charge on any atom is -0.481 e. The summed E-state index contributed by atoms with van der Waals surface area (Å²) >= 11 is 0. The summed E-state index contributed by atoms with van der Waals surface area (Å²) in [4.78, 5) is 10.6. The number of fused-ring (bicyclic) bond motifs is 2. The summed E-state index contributed by atoms with van der Waals surface area (Å²) in [7, 11) is 0. The summed E-state index contributed by atoms with van der Waals surface area (Å²) in [5, 5.41) is 18.1. The summed E-state index contributed by atoms with van der Waals surface area (Å²) in [6.07, 6.45) is 8.97. The normalized spacial score (nSPS) is 35.1. The first kappa shape index (κ1) is 14.5. The fraction of sp³-hybridized carbons (Fsp3) is 0.800. The Bertz CT molecular complexity index is 339. The summed E-state index contributed by atoms with van der Waals surface area (Å²) in [5.41, 5.74) is 0. The molecular formula is C15H24O4. The second-order valence-corrected chi connectivity index (χ2v) is 5.95. The molecule has 2 aliphatic heterocycles. The third-order valence-electron chi connectivity index (χ3n) is 4.44. The molecule has 0 spiro atoms. The molecule has 4 nitrogen and oxygen atoms in total. The maximum absolute atomic E-state index is 10.6. The molecule has 108 valence electrons. The Hall–Kier alpha value is -0.870. The maximum atomic E-state index is 10.6. The van der Waals surface area contributed by atoms with Gasteiger partial charge in [0.15, 0.2) is 0 Å². The molecule has 0 aromatic heterocycles. The number of ether oxygens (including phenoxy) is 1. The highest BCUT2D eigenvalue weighted by atomic mass is 16.5. The van der Waals surface area contributed by atoms with Crippen LogP contribution in [0.4, 0.5) is 0 Å². The Kier molecular flexibility index (Phi) is 4.99. The molecule has 2 bridgehead atoms. The van der Waals surface area contributed by atoms with Crippen molar-refractivity contribution in [2.75, 3.05) is 6.61 Å². The van der Waals surface area contributed by atoms with Gasteiger partial charge in [0.05, 0.1) is 12.2 Å². The Balaban J connectivity index is 1.74. The third-order valence-corrected chi connectivity index (χ3v) is 4.44. The number of aliphatic hydroxyl groups is 1. The van der Waals surface area contributed by atoms with Crippen molar-refractivity contribution < 1.29 is 19.7 Å². The van der Waals surface area contributed by atoms with Crippen molar-refractivity contribution in [2.24, 2.45) is 17.8 Å². The lowest BCUT2D eigenvalue weighted by atomic mass is 9.78. The highest BCUT2D eigenvalue weighted by molar-refractivity contribution is 5.66. The topological polar surface area (TPSA) is 66.8 Å². The highest BCUT2D eigenvalue weighted by Gasteiger charge is 2.47. The van der Waals surface area contributed by atoms with E-state index in [-0.39, 0.29) is 25.0 Å². The SMILES string of the molecule is C[C@H](C/C=C\C[C@H]1C(CO)[C@H]2CC[C@@H]1O2)CC(=O)O. The van der Waals surface area contributed by atoms with E-state index in [4.69, 9.17) is 9.84 Å². The van der Waals surface area contributed by atoms with E-state index in [9.17, 15) is 9.90 Å². The predicted octanol–water partition coefficient (Wildman–Crippen LogP) is 2.22. The van der Waals surface area contributed by atoms with Crippen molar-refractivity contribution in [3.8, 4) is 0 Å². The monoisotopic (exact) mass is 268 g/mol. The molecule has 0 aromatic carbocycles. The number of aliphatic carboxylic acids is 1. The molecule has 19 heavy (non-hydrogen) atoms. The van der Waals surface area contributed by atoms with Crippen LogP contribution in [0.25, 0.3) is 0 Å².